The van der Waals surface area contributed by atoms with E-state index < -0.39 is 0 Å². The zero-order chi connectivity index (χ0) is 18.4. The van der Waals surface area contributed by atoms with Crippen LogP contribution in [0, 0.1) is 6.92 Å². The van der Waals surface area contributed by atoms with Gasteiger partial charge in [-0.2, -0.15) is 0 Å². The molecule has 0 unspecified atom stereocenters. The van der Waals surface area contributed by atoms with Gasteiger partial charge in [0.15, 0.2) is 0 Å². The topological polar surface area (TPSA) is 42.2 Å². The van der Waals surface area contributed by atoms with Gasteiger partial charge >= 0.3 is 0 Å². The van der Waals surface area contributed by atoms with Crippen molar-refractivity contribution in [2.45, 2.75) is 13.5 Å². The average Bonchev–Trinajstić information content (AvgIpc) is 3.06. The molecule has 0 saturated heterocycles. The van der Waals surface area contributed by atoms with Crippen molar-refractivity contribution in [1.29, 1.82) is 0 Å². The van der Waals surface area contributed by atoms with E-state index in [1.807, 2.05) is 42.5 Å². The lowest BCUT2D eigenvalue weighted by atomic mass is 10.2. The Hall–Kier alpha value is -3.11. The first-order chi connectivity index (χ1) is 13.2. The summed E-state index contributed by atoms with van der Waals surface area (Å²) in [4.78, 5) is 9.75. The van der Waals surface area contributed by atoms with Crippen LogP contribution in [0.1, 0.15) is 11.1 Å². The van der Waals surface area contributed by atoms with Gasteiger partial charge in [-0.1, -0.05) is 41.9 Å². The lowest BCUT2D eigenvalue weighted by Crippen LogP contribution is -2.07. The summed E-state index contributed by atoms with van der Waals surface area (Å²) in [5, 5.41) is 5.26. The molecule has 5 rings (SSSR count). The van der Waals surface area contributed by atoms with Crippen LogP contribution in [0.5, 0.6) is 0 Å². The molecule has 0 saturated carbocycles. The van der Waals surface area contributed by atoms with E-state index in [1.54, 1.807) is 0 Å². The number of anilines is 1. The molecule has 0 fully saturated rings. The molecule has 0 radical (unpaired) electrons. The van der Waals surface area contributed by atoms with Gasteiger partial charge in [0.05, 0.1) is 16.6 Å². The Kier molecular flexibility index (Phi) is 3.73. The molecule has 0 atom stereocenters. The monoisotopic (exact) mass is 372 g/mol. The van der Waals surface area contributed by atoms with Crippen LogP contribution in [0.3, 0.4) is 0 Å². The van der Waals surface area contributed by atoms with Gasteiger partial charge in [0.2, 0.25) is 5.95 Å². The van der Waals surface area contributed by atoms with E-state index in [9.17, 15) is 0 Å². The SMILES string of the molecule is Cc1ccc2nc3c4ccccc4nc(NCc4ccc(Cl)cc4)n3c2c1. The molecule has 5 aromatic rings. The van der Waals surface area contributed by atoms with E-state index in [1.165, 1.54) is 5.56 Å². The zero-order valence-corrected chi connectivity index (χ0v) is 15.5. The summed E-state index contributed by atoms with van der Waals surface area (Å²) in [5.41, 5.74) is 6.20. The van der Waals surface area contributed by atoms with Gasteiger partial charge in [0.1, 0.15) is 5.65 Å². The Bertz CT molecular complexity index is 1290. The smallest absolute Gasteiger partial charge is 0.210 e. The zero-order valence-electron chi connectivity index (χ0n) is 14.8. The number of nitrogens with zero attached hydrogens (tertiary/aromatic N) is 3. The number of rotatable bonds is 3. The third kappa shape index (κ3) is 2.78. The molecule has 132 valence electrons. The molecule has 0 bridgehead atoms. The minimum atomic E-state index is 0.656. The predicted octanol–water partition coefficient (Wildman–Crippen LogP) is 5.61. The van der Waals surface area contributed by atoms with Crippen LogP contribution in [0.15, 0.2) is 66.7 Å². The standard InChI is InChI=1S/C22H17ClN4/c1-14-6-11-19-20(12-14)27-21(25-19)17-4-2-3-5-18(17)26-22(27)24-13-15-7-9-16(23)10-8-15/h2-12H,13H2,1H3,(H,24,26). The Labute approximate surface area is 161 Å². The van der Waals surface area contributed by atoms with Gasteiger partial charge in [0.25, 0.3) is 0 Å². The van der Waals surface area contributed by atoms with E-state index in [4.69, 9.17) is 21.6 Å². The average molecular weight is 373 g/mol. The maximum atomic E-state index is 5.99. The van der Waals surface area contributed by atoms with E-state index in [0.29, 0.717) is 6.54 Å². The second-order valence-corrected chi connectivity index (χ2v) is 7.13. The number of imidazole rings is 1. The summed E-state index contributed by atoms with van der Waals surface area (Å²) in [6, 6.07) is 22.3. The number of para-hydroxylation sites is 1. The van der Waals surface area contributed by atoms with Crippen molar-refractivity contribution in [2.75, 3.05) is 5.32 Å². The van der Waals surface area contributed by atoms with Crippen LogP contribution in [-0.2, 0) is 6.54 Å². The van der Waals surface area contributed by atoms with Gasteiger partial charge < -0.3 is 5.32 Å². The second kappa shape index (κ2) is 6.25. The number of aryl methyl sites for hydroxylation is 1. The molecular formula is C22H17ClN4. The second-order valence-electron chi connectivity index (χ2n) is 6.70. The number of hydrogen-bond acceptors (Lipinski definition) is 3. The van der Waals surface area contributed by atoms with Crippen molar-refractivity contribution in [3.63, 3.8) is 0 Å². The molecule has 2 heterocycles. The quantitative estimate of drug-likeness (QED) is 0.447. The normalized spacial score (nSPS) is 11.5. The number of nitrogens with one attached hydrogen (secondary N) is 1. The highest BCUT2D eigenvalue weighted by Gasteiger charge is 2.13. The van der Waals surface area contributed by atoms with Crippen LogP contribution in [0.25, 0.3) is 27.6 Å². The van der Waals surface area contributed by atoms with Crippen LogP contribution in [0.4, 0.5) is 5.95 Å². The van der Waals surface area contributed by atoms with Gasteiger partial charge in [-0.25, -0.2) is 9.97 Å². The van der Waals surface area contributed by atoms with Crippen molar-refractivity contribution in [3.05, 3.63) is 82.9 Å². The van der Waals surface area contributed by atoms with Gasteiger partial charge in [-0.15, -0.1) is 0 Å². The molecule has 0 aliphatic carbocycles. The maximum Gasteiger partial charge on any atom is 0.210 e. The molecule has 0 aliphatic heterocycles. The molecule has 3 aromatic carbocycles. The Morgan fingerprint density at radius 2 is 1.74 bits per heavy atom. The van der Waals surface area contributed by atoms with Crippen LogP contribution in [-0.4, -0.2) is 14.4 Å². The molecule has 1 N–H and O–H groups in total. The first-order valence-electron chi connectivity index (χ1n) is 8.85. The van der Waals surface area contributed by atoms with Crippen LogP contribution in [0.2, 0.25) is 5.02 Å². The van der Waals surface area contributed by atoms with Crippen molar-refractivity contribution in [1.82, 2.24) is 14.4 Å². The van der Waals surface area contributed by atoms with Crippen molar-refractivity contribution >= 4 is 45.1 Å². The van der Waals surface area contributed by atoms with E-state index >= 15 is 0 Å². The maximum absolute atomic E-state index is 5.99. The Morgan fingerprint density at radius 3 is 2.59 bits per heavy atom. The number of hydrogen-bond donors (Lipinski definition) is 1. The van der Waals surface area contributed by atoms with Crippen LogP contribution < -0.4 is 5.32 Å². The Morgan fingerprint density at radius 1 is 0.926 bits per heavy atom. The summed E-state index contributed by atoms with van der Waals surface area (Å²) >= 11 is 5.99. The third-order valence-electron chi connectivity index (χ3n) is 4.76. The highest BCUT2D eigenvalue weighted by atomic mass is 35.5. The van der Waals surface area contributed by atoms with Gasteiger partial charge in [-0.3, -0.25) is 4.40 Å². The first-order valence-corrected chi connectivity index (χ1v) is 9.23. The van der Waals surface area contributed by atoms with E-state index in [-0.39, 0.29) is 0 Å². The van der Waals surface area contributed by atoms with E-state index in [2.05, 4.69) is 40.9 Å². The third-order valence-corrected chi connectivity index (χ3v) is 5.01. The summed E-state index contributed by atoms with van der Waals surface area (Å²) in [6.45, 7) is 2.75. The highest BCUT2D eigenvalue weighted by molar-refractivity contribution is 6.30. The van der Waals surface area contributed by atoms with E-state index in [0.717, 1.165) is 44.1 Å². The highest BCUT2D eigenvalue weighted by Crippen LogP contribution is 2.27. The number of fused-ring (bicyclic) bond motifs is 5. The van der Waals surface area contributed by atoms with Crippen molar-refractivity contribution in [3.8, 4) is 0 Å². The number of benzene rings is 3. The molecular weight excluding hydrogens is 356 g/mol. The Balaban J connectivity index is 1.71. The largest absolute Gasteiger partial charge is 0.351 e. The molecule has 0 aliphatic rings. The number of aromatic nitrogens is 3. The minimum Gasteiger partial charge on any atom is -0.351 e. The van der Waals surface area contributed by atoms with Gasteiger partial charge in [0, 0.05) is 17.0 Å². The molecule has 0 amide bonds. The lowest BCUT2D eigenvalue weighted by molar-refractivity contribution is 1.05. The van der Waals surface area contributed by atoms with Crippen LogP contribution >= 0.6 is 11.6 Å². The molecule has 27 heavy (non-hydrogen) atoms. The van der Waals surface area contributed by atoms with Gasteiger partial charge in [-0.05, 0) is 54.4 Å². The van der Waals surface area contributed by atoms with Crippen molar-refractivity contribution in [2.24, 2.45) is 0 Å². The molecule has 0 spiro atoms. The summed E-state index contributed by atoms with van der Waals surface area (Å²) in [6.07, 6.45) is 0. The molecule has 5 heteroatoms. The minimum absolute atomic E-state index is 0.656. The molecule has 2 aromatic heterocycles. The first kappa shape index (κ1) is 16.1. The fraction of sp³-hybridized carbons (Fsp3) is 0.0909. The number of halogens is 1. The fourth-order valence-electron chi connectivity index (χ4n) is 3.41. The summed E-state index contributed by atoms with van der Waals surface area (Å²) in [7, 11) is 0. The predicted molar refractivity (Wildman–Crippen MR) is 112 cm³/mol. The molecule has 4 nitrogen and oxygen atoms in total. The lowest BCUT2D eigenvalue weighted by Gasteiger charge is -2.11. The fourth-order valence-corrected chi connectivity index (χ4v) is 3.53. The summed E-state index contributed by atoms with van der Waals surface area (Å²) in [5.74, 6) is 0.784. The van der Waals surface area contributed by atoms with Crippen molar-refractivity contribution < 1.29 is 0 Å². The summed E-state index contributed by atoms with van der Waals surface area (Å²) < 4.78 is 2.11.